The fourth-order valence-electron chi connectivity index (χ4n) is 10.1. The molecule has 68 heavy (non-hydrogen) atoms. The van der Waals surface area contributed by atoms with Gasteiger partial charge in [0.1, 0.15) is 11.2 Å². The molecule has 0 saturated heterocycles. The topological polar surface area (TPSA) is 61.7 Å². The van der Waals surface area contributed by atoms with Crippen molar-refractivity contribution >= 4 is 65.6 Å². The van der Waals surface area contributed by atoms with Crippen LogP contribution in [0, 0.1) is 13.8 Å². The predicted molar refractivity (Wildman–Crippen MR) is 282 cm³/mol. The number of aromatic nitrogens is 5. The van der Waals surface area contributed by atoms with Crippen LogP contribution in [-0.2, 0) is 6.42 Å². The molecule has 0 spiro atoms. The van der Waals surface area contributed by atoms with Gasteiger partial charge in [-0.05, 0) is 91.1 Å². The van der Waals surface area contributed by atoms with E-state index in [2.05, 4.69) is 200 Å². The van der Waals surface area contributed by atoms with E-state index in [-0.39, 0.29) is 0 Å². The summed E-state index contributed by atoms with van der Waals surface area (Å²) in [5, 5.41) is 6.83. The molecule has 0 aliphatic heterocycles. The van der Waals surface area contributed by atoms with Crippen molar-refractivity contribution in [2.24, 2.45) is 0 Å². The van der Waals surface area contributed by atoms with Gasteiger partial charge in [0.15, 0.2) is 11.6 Å². The van der Waals surface area contributed by atoms with E-state index in [9.17, 15) is 0 Å². The number of aryl methyl sites for hydroxylation is 3. The van der Waals surface area contributed by atoms with Crippen LogP contribution < -0.4 is 0 Å². The van der Waals surface area contributed by atoms with Crippen molar-refractivity contribution in [3.05, 3.63) is 223 Å². The standard InChI is InChI=1S/C55H39N5O.C7H8/c1-3-16-35-17-4-5-18-38(35)37-31-32-44-41-21-8-11-24-46(41)59(52(44)34(37)2)49-27-14-9-23-45(49)54-56-53(36-29-30-43-42-22-10-15-28-50(42)61-51(43)33-36)57-55(58-54)60-47-25-12-6-19-39(47)40-20-7-13-26-48(40)60;1-7-5-3-2-4-6-7/h4-15,17-33H,3,16H2,1-2H3;2-6H,1H3. The van der Waals surface area contributed by atoms with Crippen LogP contribution in [0.15, 0.2) is 211 Å². The first kappa shape index (κ1) is 40.9. The number of hydrogen-bond acceptors (Lipinski definition) is 4. The van der Waals surface area contributed by atoms with Crippen LogP contribution in [0.1, 0.15) is 30.0 Å². The Balaban J connectivity index is 0.000000632. The van der Waals surface area contributed by atoms with Gasteiger partial charge in [0.2, 0.25) is 5.95 Å². The zero-order chi connectivity index (χ0) is 45.7. The van der Waals surface area contributed by atoms with Crippen LogP contribution in [0.25, 0.3) is 111 Å². The molecule has 0 aliphatic carbocycles. The lowest BCUT2D eigenvalue weighted by atomic mass is 9.92. The largest absolute Gasteiger partial charge is 0.456 e. The number of benzene rings is 9. The van der Waals surface area contributed by atoms with E-state index < -0.39 is 0 Å². The summed E-state index contributed by atoms with van der Waals surface area (Å²) < 4.78 is 11.0. The van der Waals surface area contributed by atoms with E-state index in [4.69, 9.17) is 19.4 Å². The second kappa shape index (κ2) is 17.0. The summed E-state index contributed by atoms with van der Waals surface area (Å²) >= 11 is 0. The summed E-state index contributed by atoms with van der Waals surface area (Å²) in [6, 6.07) is 72.3. The number of furan rings is 1. The second-order valence-corrected chi connectivity index (χ2v) is 17.5. The lowest BCUT2D eigenvalue weighted by Gasteiger charge is -2.17. The lowest BCUT2D eigenvalue weighted by Crippen LogP contribution is -2.08. The van der Waals surface area contributed by atoms with E-state index in [1.54, 1.807) is 0 Å². The molecule has 0 radical (unpaired) electrons. The van der Waals surface area contributed by atoms with Crippen LogP contribution in [-0.4, -0.2) is 24.1 Å². The van der Waals surface area contributed by atoms with Gasteiger partial charge in [-0.2, -0.15) is 9.97 Å². The second-order valence-electron chi connectivity index (χ2n) is 17.5. The van der Waals surface area contributed by atoms with E-state index in [0.29, 0.717) is 17.6 Å². The fourth-order valence-corrected chi connectivity index (χ4v) is 10.1. The van der Waals surface area contributed by atoms with E-state index in [1.807, 2.05) is 36.4 Å². The molecule has 0 amide bonds. The Kier molecular flexibility index (Phi) is 10.2. The smallest absolute Gasteiger partial charge is 0.238 e. The minimum atomic E-state index is 0.546. The Bertz CT molecular complexity index is 3970. The highest BCUT2D eigenvalue weighted by Gasteiger charge is 2.23. The van der Waals surface area contributed by atoms with Gasteiger partial charge in [-0.3, -0.25) is 4.57 Å². The van der Waals surface area contributed by atoms with Gasteiger partial charge in [-0.15, -0.1) is 0 Å². The third kappa shape index (κ3) is 6.92. The molecule has 13 rings (SSSR count). The van der Waals surface area contributed by atoms with Gasteiger partial charge in [-0.25, -0.2) is 4.98 Å². The normalized spacial score (nSPS) is 11.6. The Hall–Kier alpha value is -8.61. The Labute approximate surface area is 394 Å². The van der Waals surface area contributed by atoms with Gasteiger partial charge >= 0.3 is 0 Å². The van der Waals surface area contributed by atoms with Gasteiger partial charge < -0.3 is 8.98 Å². The molecular formula is C62H47N5O. The summed E-state index contributed by atoms with van der Waals surface area (Å²) in [6.07, 6.45) is 2.11. The molecule has 6 nitrogen and oxygen atoms in total. The molecule has 0 aliphatic rings. The van der Waals surface area contributed by atoms with Gasteiger partial charge in [-0.1, -0.05) is 177 Å². The van der Waals surface area contributed by atoms with Crippen molar-refractivity contribution in [1.82, 2.24) is 24.1 Å². The predicted octanol–water partition coefficient (Wildman–Crippen LogP) is 16.2. The maximum Gasteiger partial charge on any atom is 0.238 e. The number of para-hydroxylation sites is 5. The zero-order valence-corrected chi connectivity index (χ0v) is 38.2. The highest BCUT2D eigenvalue weighted by Crippen LogP contribution is 2.42. The van der Waals surface area contributed by atoms with Crippen molar-refractivity contribution < 1.29 is 4.42 Å². The Morgan fingerprint density at radius 1 is 0.426 bits per heavy atom. The third-order valence-electron chi connectivity index (χ3n) is 13.3. The minimum absolute atomic E-state index is 0.546. The molecule has 0 saturated carbocycles. The molecule has 0 atom stereocenters. The first-order valence-corrected chi connectivity index (χ1v) is 23.4. The van der Waals surface area contributed by atoms with Crippen molar-refractivity contribution in [2.45, 2.75) is 33.6 Å². The number of hydrogen-bond donors (Lipinski definition) is 0. The SMILES string of the molecule is CCCc1ccccc1-c1ccc2c3ccccc3n(-c3ccccc3-c3nc(-c4ccc5c(c4)oc4ccccc45)nc(-n4c5ccccc5c5ccccc54)n3)c2c1C.Cc1ccccc1. The average Bonchev–Trinajstić information content (AvgIpc) is 4.05. The molecule has 0 unspecified atom stereocenters. The highest BCUT2D eigenvalue weighted by atomic mass is 16.3. The highest BCUT2D eigenvalue weighted by molar-refractivity contribution is 6.12. The molecule has 326 valence electrons. The van der Waals surface area contributed by atoms with Crippen molar-refractivity contribution in [2.75, 3.05) is 0 Å². The quantitative estimate of drug-likeness (QED) is 0.160. The average molecular weight is 878 g/mol. The first-order chi connectivity index (χ1) is 33.5. The monoisotopic (exact) mass is 877 g/mol. The third-order valence-corrected chi connectivity index (χ3v) is 13.3. The van der Waals surface area contributed by atoms with Crippen LogP contribution in [0.3, 0.4) is 0 Å². The fraction of sp³-hybridized carbons (Fsp3) is 0.0806. The molecular weight excluding hydrogens is 831 g/mol. The first-order valence-electron chi connectivity index (χ1n) is 23.4. The van der Waals surface area contributed by atoms with E-state index in [0.717, 1.165) is 78.9 Å². The Morgan fingerprint density at radius 2 is 0.985 bits per heavy atom. The maximum absolute atomic E-state index is 6.39. The summed E-state index contributed by atoms with van der Waals surface area (Å²) in [7, 11) is 0. The molecule has 6 heteroatoms. The number of fused-ring (bicyclic) bond motifs is 9. The van der Waals surface area contributed by atoms with Gasteiger partial charge in [0.05, 0.1) is 27.8 Å². The van der Waals surface area contributed by atoms with Crippen LogP contribution in [0.4, 0.5) is 0 Å². The molecule has 0 bridgehead atoms. The van der Waals surface area contributed by atoms with Crippen LogP contribution in [0.2, 0.25) is 0 Å². The zero-order valence-electron chi connectivity index (χ0n) is 38.2. The van der Waals surface area contributed by atoms with Gasteiger partial charge in [0, 0.05) is 43.4 Å². The Morgan fingerprint density at radius 3 is 1.69 bits per heavy atom. The summed E-state index contributed by atoms with van der Waals surface area (Å²) in [6.45, 7) is 6.60. The van der Waals surface area contributed by atoms with Crippen molar-refractivity contribution in [3.63, 3.8) is 0 Å². The molecule has 0 fully saturated rings. The number of nitrogens with zero attached hydrogens (tertiary/aromatic N) is 5. The number of rotatable bonds is 7. The summed E-state index contributed by atoms with van der Waals surface area (Å²) in [5.74, 6) is 1.69. The minimum Gasteiger partial charge on any atom is -0.456 e. The molecule has 13 aromatic rings. The molecule has 4 heterocycles. The summed E-state index contributed by atoms with van der Waals surface area (Å²) in [5.41, 5.74) is 15.2. The molecule has 4 aromatic heterocycles. The van der Waals surface area contributed by atoms with E-state index in [1.165, 1.54) is 44.1 Å². The van der Waals surface area contributed by atoms with Crippen molar-refractivity contribution in [3.8, 4) is 45.5 Å². The lowest BCUT2D eigenvalue weighted by molar-refractivity contribution is 0.669. The summed E-state index contributed by atoms with van der Waals surface area (Å²) in [4.78, 5) is 16.1. The molecule has 9 aromatic carbocycles. The van der Waals surface area contributed by atoms with Crippen LogP contribution >= 0.6 is 0 Å². The van der Waals surface area contributed by atoms with Gasteiger partial charge in [0.25, 0.3) is 0 Å². The van der Waals surface area contributed by atoms with Crippen molar-refractivity contribution in [1.29, 1.82) is 0 Å². The van der Waals surface area contributed by atoms with Crippen LogP contribution in [0.5, 0.6) is 0 Å². The maximum atomic E-state index is 6.39. The molecule has 0 N–H and O–H groups in total. The van der Waals surface area contributed by atoms with E-state index >= 15 is 0 Å².